The zero-order chi connectivity index (χ0) is 15.5. The Morgan fingerprint density at radius 2 is 2.10 bits per heavy atom. The Balaban J connectivity index is 2.26. The van der Waals surface area contributed by atoms with Gasteiger partial charge in [-0.05, 0) is 37.9 Å². The van der Waals surface area contributed by atoms with Crippen LogP contribution in [-0.2, 0) is 14.6 Å². The van der Waals surface area contributed by atoms with E-state index in [4.69, 9.17) is 16.3 Å². The third-order valence-electron chi connectivity index (χ3n) is 3.23. The van der Waals surface area contributed by atoms with Crippen molar-refractivity contribution in [2.75, 3.05) is 6.54 Å². The first-order chi connectivity index (χ1) is 9.93. The van der Waals surface area contributed by atoms with Gasteiger partial charge in [0.15, 0.2) is 0 Å². The minimum Gasteiger partial charge on any atom is -0.478 e. The second-order valence-corrected chi connectivity index (χ2v) is 7.33. The van der Waals surface area contributed by atoms with Gasteiger partial charge < -0.3 is 15.2 Å². The van der Waals surface area contributed by atoms with Crippen molar-refractivity contribution in [2.45, 2.75) is 30.1 Å². The SMILES string of the molecule is O=C(O)C(Oc1ccccc1Cl)S(=O)(=O)C1CCCCN1. The smallest absolute Gasteiger partial charge is 0.361 e. The topological polar surface area (TPSA) is 92.7 Å². The molecular formula is C13H16ClNO5S. The Bertz CT molecular complexity index is 613. The van der Waals surface area contributed by atoms with Gasteiger partial charge in [0.2, 0.25) is 9.84 Å². The van der Waals surface area contributed by atoms with Crippen LogP contribution >= 0.6 is 11.6 Å². The number of para-hydroxylation sites is 1. The molecule has 1 aliphatic heterocycles. The van der Waals surface area contributed by atoms with Crippen LogP contribution in [0.4, 0.5) is 0 Å². The molecule has 6 nitrogen and oxygen atoms in total. The second kappa shape index (κ2) is 6.64. The Labute approximate surface area is 128 Å². The van der Waals surface area contributed by atoms with E-state index in [9.17, 15) is 18.3 Å². The number of ether oxygens (including phenoxy) is 1. The number of rotatable bonds is 5. The summed E-state index contributed by atoms with van der Waals surface area (Å²) < 4.78 is 30.0. The number of hydrogen-bond acceptors (Lipinski definition) is 5. The predicted molar refractivity (Wildman–Crippen MR) is 78.1 cm³/mol. The Hall–Kier alpha value is -1.31. The fourth-order valence-electron chi connectivity index (χ4n) is 2.16. The minimum atomic E-state index is -4.03. The highest BCUT2D eigenvalue weighted by Crippen LogP contribution is 2.27. The molecule has 116 valence electrons. The molecule has 1 aromatic rings. The summed E-state index contributed by atoms with van der Waals surface area (Å²) in [5, 5.41) is 11.3. The van der Waals surface area contributed by atoms with Crippen LogP contribution in [0.25, 0.3) is 0 Å². The first kappa shape index (κ1) is 16.1. The van der Waals surface area contributed by atoms with E-state index >= 15 is 0 Å². The number of benzene rings is 1. The molecule has 1 aliphatic rings. The lowest BCUT2D eigenvalue weighted by atomic mass is 10.2. The molecule has 21 heavy (non-hydrogen) atoms. The number of carboxylic acid groups (broad SMARTS) is 1. The molecule has 8 heteroatoms. The first-order valence-corrected chi connectivity index (χ1v) is 8.52. The molecule has 0 aliphatic carbocycles. The summed E-state index contributed by atoms with van der Waals surface area (Å²) in [6, 6.07) is 6.16. The molecule has 1 saturated heterocycles. The van der Waals surface area contributed by atoms with Gasteiger partial charge >= 0.3 is 5.97 Å². The van der Waals surface area contributed by atoms with Crippen molar-refractivity contribution in [3.63, 3.8) is 0 Å². The lowest BCUT2D eigenvalue weighted by molar-refractivity contribution is -0.141. The number of carboxylic acids is 1. The van der Waals surface area contributed by atoms with E-state index in [-0.39, 0.29) is 10.8 Å². The molecule has 1 heterocycles. The Kier molecular flexibility index (Phi) is 5.08. The van der Waals surface area contributed by atoms with Crippen molar-refractivity contribution >= 4 is 27.4 Å². The van der Waals surface area contributed by atoms with E-state index in [0.29, 0.717) is 13.0 Å². The molecule has 2 atom stereocenters. The molecule has 1 fully saturated rings. The van der Waals surface area contributed by atoms with E-state index in [1.54, 1.807) is 12.1 Å². The number of hydrogen-bond donors (Lipinski definition) is 2. The minimum absolute atomic E-state index is 0.0333. The van der Waals surface area contributed by atoms with Crippen LogP contribution in [0.15, 0.2) is 24.3 Å². The summed E-state index contributed by atoms with van der Waals surface area (Å²) >= 11 is 5.88. The second-order valence-electron chi connectivity index (χ2n) is 4.75. The Morgan fingerprint density at radius 1 is 1.38 bits per heavy atom. The molecule has 2 unspecified atom stereocenters. The van der Waals surface area contributed by atoms with Gasteiger partial charge in [-0.3, -0.25) is 0 Å². The number of nitrogens with one attached hydrogen (secondary N) is 1. The van der Waals surface area contributed by atoms with Crippen LogP contribution < -0.4 is 10.1 Å². The fraction of sp³-hybridized carbons (Fsp3) is 0.462. The quantitative estimate of drug-likeness (QED) is 0.851. The monoisotopic (exact) mass is 333 g/mol. The standard InChI is InChI=1S/C13H16ClNO5S/c14-9-5-1-2-6-10(9)20-13(12(16)17)21(18,19)11-7-3-4-8-15-11/h1-2,5-6,11,13,15H,3-4,7-8H2,(H,16,17). The fourth-order valence-corrected chi connectivity index (χ4v) is 4.01. The average molecular weight is 334 g/mol. The van der Waals surface area contributed by atoms with Gasteiger partial charge in [0.1, 0.15) is 11.1 Å². The van der Waals surface area contributed by atoms with Gasteiger partial charge in [-0.25, -0.2) is 13.2 Å². The van der Waals surface area contributed by atoms with Crippen molar-refractivity contribution in [3.8, 4) is 5.75 Å². The maximum Gasteiger partial charge on any atom is 0.361 e. The molecule has 2 N–H and O–H groups in total. The highest BCUT2D eigenvalue weighted by atomic mass is 35.5. The van der Waals surface area contributed by atoms with Crippen LogP contribution in [0.2, 0.25) is 5.02 Å². The van der Waals surface area contributed by atoms with Crippen LogP contribution in [0.5, 0.6) is 5.75 Å². The van der Waals surface area contributed by atoms with Gasteiger partial charge in [-0.2, -0.15) is 0 Å². The van der Waals surface area contributed by atoms with E-state index in [2.05, 4.69) is 5.32 Å². The zero-order valence-electron chi connectivity index (χ0n) is 11.2. The van der Waals surface area contributed by atoms with Crippen LogP contribution in [0.1, 0.15) is 19.3 Å². The maximum atomic E-state index is 12.4. The van der Waals surface area contributed by atoms with Crippen LogP contribution in [0, 0.1) is 0 Å². The molecule has 0 bridgehead atoms. The van der Waals surface area contributed by atoms with Gasteiger partial charge in [-0.15, -0.1) is 0 Å². The van der Waals surface area contributed by atoms with Crippen LogP contribution in [-0.4, -0.2) is 36.8 Å². The van der Waals surface area contributed by atoms with Gasteiger partial charge in [0, 0.05) is 0 Å². The summed E-state index contributed by atoms with van der Waals surface area (Å²) in [4.78, 5) is 11.3. The first-order valence-electron chi connectivity index (χ1n) is 6.53. The van der Waals surface area contributed by atoms with Gasteiger partial charge in [0.05, 0.1) is 5.02 Å². The largest absolute Gasteiger partial charge is 0.478 e. The number of sulfone groups is 1. The Morgan fingerprint density at radius 3 is 2.67 bits per heavy atom. The lowest BCUT2D eigenvalue weighted by Gasteiger charge is -2.26. The van der Waals surface area contributed by atoms with E-state index < -0.39 is 26.6 Å². The molecular weight excluding hydrogens is 318 g/mol. The normalized spacial score (nSPS) is 20.7. The summed E-state index contributed by atoms with van der Waals surface area (Å²) in [6.07, 6.45) is 1.97. The molecule has 1 aromatic carbocycles. The number of piperidine rings is 1. The lowest BCUT2D eigenvalue weighted by Crippen LogP contribution is -2.49. The third-order valence-corrected chi connectivity index (χ3v) is 5.63. The maximum absolute atomic E-state index is 12.4. The van der Waals surface area contributed by atoms with Gasteiger partial charge in [-0.1, -0.05) is 23.7 Å². The average Bonchev–Trinajstić information content (AvgIpc) is 2.46. The van der Waals surface area contributed by atoms with Crippen molar-refractivity contribution in [1.29, 1.82) is 0 Å². The van der Waals surface area contributed by atoms with E-state index in [0.717, 1.165) is 12.8 Å². The van der Waals surface area contributed by atoms with Gasteiger partial charge in [0.25, 0.3) is 5.44 Å². The molecule has 2 rings (SSSR count). The highest BCUT2D eigenvalue weighted by Gasteiger charge is 2.41. The number of halogens is 1. The predicted octanol–water partition coefficient (Wildman–Crippen LogP) is 1.64. The summed E-state index contributed by atoms with van der Waals surface area (Å²) in [5.74, 6) is -1.52. The van der Waals surface area contributed by atoms with Crippen LogP contribution in [0.3, 0.4) is 0 Å². The van der Waals surface area contributed by atoms with E-state index in [1.165, 1.54) is 12.1 Å². The summed E-state index contributed by atoms with van der Waals surface area (Å²) in [5.41, 5.74) is -1.98. The molecule has 0 aromatic heterocycles. The van der Waals surface area contributed by atoms with Crippen molar-refractivity contribution in [1.82, 2.24) is 5.32 Å². The number of carbonyl (C=O) groups is 1. The van der Waals surface area contributed by atoms with E-state index in [1.807, 2.05) is 0 Å². The number of aliphatic carboxylic acids is 1. The van der Waals surface area contributed by atoms with Crippen molar-refractivity contribution in [3.05, 3.63) is 29.3 Å². The van der Waals surface area contributed by atoms with Crippen molar-refractivity contribution < 1.29 is 23.1 Å². The highest BCUT2D eigenvalue weighted by molar-refractivity contribution is 7.93. The summed E-state index contributed by atoms with van der Waals surface area (Å²) in [6.45, 7) is 0.544. The third kappa shape index (κ3) is 3.66. The summed E-state index contributed by atoms with van der Waals surface area (Å²) in [7, 11) is -4.03. The van der Waals surface area contributed by atoms with Crippen molar-refractivity contribution in [2.24, 2.45) is 0 Å². The molecule has 0 saturated carbocycles. The molecule has 0 spiro atoms. The zero-order valence-corrected chi connectivity index (χ0v) is 12.7. The molecule has 0 amide bonds. The molecule has 0 radical (unpaired) electrons.